The first-order valence-electron chi connectivity index (χ1n) is 8.93. The number of hydrogen-bond donors (Lipinski definition) is 3. The summed E-state index contributed by atoms with van der Waals surface area (Å²) in [6.07, 6.45) is -5.52. The van der Waals surface area contributed by atoms with E-state index in [1.807, 2.05) is 0 Å². The van der Waals surface area contributed by atoms with Crippen molar-refractivity contribution < 1.29 is 27.9 Å². The number of carbonyl (C=O) groups excluding carboxylic acids is 1. The topological polar surface area (TPSA) is 104 Å². The first-order valence-corrected chi connectivity index (χ1v) is 9.69. The number of carbonyl (C=O) groups is 2. The number of aliphatic carboxylic acids is 1. The summed E-state index contributed by atoms with van der Waals surface area (Å²) in [6.45, 7) is 0. The van der Waals surface area contributed by atoms with Crippen molar-refractivity contribution in [3.8, 4) is 5.69 Å². The van der Waals surface area contributed by atoms with Gasteiger partial charge in [-0.25, -0.2) is 4.68 Å². The Labute approximate surface area is 188 Å². The monoisotopic (exact) mass is 487 g/mol. The predicted octanol–water partition coefficient (Wildman–Crippen LogP) is 4.44. The maximum Gasteiger partial charge on any atom is 0.417 e. The van der Waals surface area contributed by atoms with Gasteiger partial charge in [0.15, 0.2) is 0 Å². The minimum atomic E-state index is -4.77. The highest BCUT2D eigenvalue weighted by Gasteiger charge is 2.35. The van der Waals surface area contributed by atoms with Crippen molar-refractivity contribution in [3.05, 3.63) is 85.8 Å². The Balaban J connectivity index is 1.94. The van der Waals surface area contributed by atoms with Gasteiger partial charge in [0.25, 0.3) is 11.5 Å². The van der Waals surface area contributed by atoms with Crippen LogP contribution in [0.1, 0.15) is 34.1 Å². The fourth-order valence-electron chi connectivity index (χ4n) is 3.01. The lowest BCUT2D eigenvalue weighted by Crippen LogP contribution is -2.31. The number of H-pyrrole nitrogens is 1. The third-order valence-corrected chi connectivity index (χ3v) is 5.08. The van der Waals surface area contributed by atoms with Crippen LogP contribution in [0.5, 0.6) is 0 Å². The molecule has 0 radical (unpaired) electrons. The molecule has 0 aliphatic carbocycles. The van der Waals surface area contributed by atoms with Gasteiger partial charge in [0.2, 0.25) is 0 Å². The van der Waals surface area contributed by atoms with E-state index in [-0.39, 0.29) is 11.3 Å². The molecule has 32 heavy (non-hydrogen) atoms. The third kappa shape index (κ3) is 5.14. The molecule has 0 saturated heterocycles. The van der Waals surface area contributed by atoms with Gasteiger partial charge in [-0.3, -0.25) is 19.5 Å². The summed E-state index contributed by atoms with van der Waals surface area (Å²) in [7, 11) is 0. The SMILES string of the molecule is O=C(O)CC(NC(=O)c1cc(=O)n(-c2cccc(Cl)c2)[nH]1)c1cccc(C(F)(F)F)c1Cl. The lowest BCUT2D eigenvalue weighted by molar-refractivity contribution is -0.138. The molecule has 1 aromatic heterocycles. The fraction of sp³-hybridized carbons (Fsp3) is 0.150. The van der Waals surface area contributed by atoms with Gasteiger partial charge in [-0.2, -0.15) is 13.2 Å². The molecule has 2 aromatic carbocycles. The van der Waals surface area contributed by atoms with E-state index in [0.717, 1.165) is 22.9 Å². The summed E-state index contributed by atoms with van der Waals surface area (Å²) >= 11 is 11.8. The summed E-state index contributed by atoms with van der Waals surface area (Å²) in [5, 5.41) is 13.7. The fourth-order valence-corrected chi connectivity index (χ4v) is 3.56. The molecule has 0 aliphatic heterocycles. The second-order valence-electron chi connectivity index (χ2n) is 6.65. The molecule has 1 atom stereocenters. The standard InChI is InChI=1S/C20H14Cl2F3N3O4/c21-10-3-1-4-11(7-10)28-16(29)8-15(27-28)19(32)26-14(9-17(30)31)12-5-2-6-13(18(12)22)20(23,24)25/h1-8,14,27H,9H2,(H,26,32)(H,30,31). The number of halogens is 5. The minimum Gasteiger partial charge on any atom is -0.481 e. The molecule has 1 heterocycles. The number of nitrogens with zero attached hydrogens (tertiary/aromatic N) is 1. The summed E-state index contributed by atoms with van der Waals surface area (Å²) < 4.78 is 40.6. The highest BCUT2D eigenvalue weighted by Crippen LogP contribution is 2.38. The first-order chi connectivity index (χ1) is 15.0. The highest BCUT2D eigenvalue weighted by molar-refractivity contribution is 6.32. The Morgan fingerprint density at radius 1 is 1.12 bits per heavy atom. The molecule has 3 N–H and O–H groups in total. The van der Waals surface area contributed by atoms with Crippen LogP contribution in [0.15, 0.2) is 53.3 Å². The van der Waals surface area contributed by atoms with Crippen LogP contribution in [0, 0.1) is 0 Å². The molecule has 168 valence electrons. The number of nitrogens with one attached hydrogen (secondary N) is 2. The Kier molecular flexibility index (Phi) is 6.65. The van der Waals surface area contributed by atoms with Crippen LogP contribution in [0.25, 0.3) is 5.69 Å². The molecule has 0 saturated carbocycles. The quantitative estimate of drug-likeness (QED) is 0.478. The van der Waals surface area contributed by atoms with Crippen molar-refractivity contribution in [1.29, 1.82) is 0 Å². The van der Waals surface area contributed by atoms with Crippen LogP contribution in [0.4, 0.5) is 13.2 Å². The van der Waals surface area contributed by atoms with E-state index in [1.165, 1.54) is 12.1 Å². The predicted molar refractivity (Wildman–Crippen MR) is 110 cm³/mol. The van der Waals surface area contributed by atoms with Crippen molar-refractivity contribution in [2.24, 2.45) is 0 Å². The smallest absolute Gasteiger partial charge is 0.417 e. The zero-order valence-electron chi connectivity index (χ0n) is 15.9. The summed E-state index contributed by atoms with van der Waals surface area (Å²) in [4.78, 5) is 36.2. The van der Waals surface area contributed by atoms with Gasteiger partial charge in [-0.1, -0.05) is 41.4 Å². The Morgan fingerprint density at radius 3 is 2.44 bits per heavy atom. The normalized spacial score (nSPS) is 12.4. The maximum atomic E-state index is 13.2. The molecule has 0 fully saturated rings. The molecular formula is C20H14Cl2F3N3O4. The lowest BCUT2D eigenvalue weighted by atomic mass is 10.0. The average molecular weight is 488 g/mol. The number of carboxylic acids is 1. The second-order valence-corrected chi connectivity index (χ2v) is 7.47. The Morgan fingerprint density at radius 2 is 1.81 bits per heavy atom. The summed E-state index contributed by atoms with van der Waals surface area (Å²) in [5.41, 5.74) is -1.90. The summed E-state index contributed by atoms with van der Waals surface area (Å²) in [6, 6.07) is 8.75. The zero-order chi connectivity index (χ0) is 23.6. The van der Waals surface area contributed by atoms with Gasteiger partial charge in [0, 0.05) is 11.1 Å². The number of rotatable bonds is 6. The van der Waals surface area contributed by atoms with Crippen LogP contribution < -0.4 is 10.9 Å². The molecule has 12 heteroatoms. The van der Waals surface area contributed by atoms with E-state index in [1.54, 1.807) is 18.2 Å². The average Bonchev–Trinajstić information content (AvgIpc) is 3.08. The van der Waals surface area contributed by atoms with Gasteiger partial charge in [0.05, 0.1) is 28.7 Å². The van der Waals surface area contributed by atoms with E-state index in [9.17, 15) is 32.7 Å². The number of carboxylic acid groups (broad SMARTS) is 1. The first kappa shape index (κ1) is 23.4. The second kappa shape index (κ2) is 9.09. The van der Waals surface area contributed by atoms with E-state index in [2.05, 4.69) is 10.4 Å². The Bertz CT molecular complexity index is 1240. The molecule has 3 aromatic rings. The van der Waals surface area contributed by atoms with Crippen LogP contribution >= 0.6 is 23.2 Å². The van der Waals surface area contributed by atoms with Gasteiger partial charge < -0.3 is 10.4 Å². The van der Waals surface area contributed by atoms with Crippen molar-refractivity contribution in [3.63, 3.8) is 0 Å². The van der Waals surface area contributed by atoms with Crippen molar-refractivity contribution >= 4 is 35.1 Å². The van der Waals surface area contributed by atoms with Crippen LogP contribution in [-0.2, 0) is 11.0 Å². The Hall–Kier alpha value is -3.24. The van der Waals surface area contributed by atoms with E-state index < -0.39 is 46.7 Å². The summed E-state index contributed by atoms with van der Waals surface area (Å²) in [5.74, 6) is -2.30. The van der Waals surface area contributed by atoms with Crippen molar-refractivity contribution in [1.82, 2.24) is 15.1 Å². The molecule has 7 nitrogen and oxygen atoms in total. The number of hydrogen-bond acceptors (Lipinski definition) is 3. The molecule has 1 amide bonds. The van der Waals surface area contributed by atoms with E-state index in [4.69, 9.17) is 23.2 Å². The third-order valence-electron chi connectivity index (χ3n) is 4.42. The highest BCUT2D eigenvalue weighted by atomic mass is 35.5. The maximum absolute atomic E-state index is 13.2. The van der Waals surface area contributed by atoms with Gasteiger partial charge in [-0.05, 0) is 29.8 Å². The number of aromatic amines is 1. The zero-order valence-corrected chi connectivity index (χ0v) is 17.4. The van der Waals surface area contributed by atoms with Crippen LogP contribution in [-0.4, -0.2) is 26.8 Å². The molecule has 3 rings (SSSR count). The largest absolute Gasteiger partial charge is 0.481 e. The van der Waals surface area contributed by atoms with Crippen LogP contribution in [0.2, 0.25) is 10.0 Å². The number of benzene rings is 2. The van der Waals surface area contributed by atoms with Crippen LogP contribution in [0.3, 0.4) is 0 Å². The van der Waals surface area contributed by atoms with Crippen molar-refractivity contribution in [2.45, 2.75) is 18.6 Å². The van der Waals surface area contributed by atoms with Gasteiger partial charge >= 0.3 is 12.1 Å². The van der Waals surface area contributed by atoms with Gasteiger partial charge in [0.1, 0.15) is 5.69 Å². The molecule has 0 spiro atoms. The van der Waals surface area contributed by atoms with Gasteiger partial charge in [-0.15, -0.1) is 0 Å². The number of amides is 1. The van der Waals surface area contributed by atoms with Crippen molar-refractivity contribution in [2.75, 3.05) is 0 Å². The molecule has 0 bridgehead atoms. The molecule has 0 aliphatic rings. The number of alkyl halides is 3. The number of aromatic nitrogens is 2. The molecule has 1 unspecified atom stereocenters. The molecular weight excluding hydrogens is 474 g/mol. The lowest BCUT2D eigenvalue weighted by Gasteiger charge is -2.20. The minimum absolute atomic E-state index is 0.228. The van der Waals surface area contributed by atoms with E-state index >= 15 is 0 Å². The van der Waals surface area contributed by atoms with E-state index in [0.29, 0.717) is 10.7 Å².